The van der Waals surface area contributed by atoms with Crippen molar-refractivity contribution in [2.24, 2.45) is 5.41 Å². The minimum atomic E-state index is 0.292. The van der Waals surface area contributed by atoms with Crippen LogP contribution in [0.4, 0.5) is 0 Å². The Bertz CT molecular complexity index is 29.8. The van der Waals surface area contributed by atoms with Crippen LogP contribution >= 0.6 is 0 Å². The smallest absolute Gasteiger partial charge is 0.0357 e. The third-order valence-electron chi connectivity index (χ3n) is 0.957. The van der Waals surface area contributed by atoms with Gasteiger partial charge in [-0.15, -0.1) is 0 Å². The van der Waals surface area contributed by atoms with Gasteiger partial charge in [0.25, 0.3) is 0 Å². The predicted octanol–water partition coefficient (Wildman–Crippen LogP) is 2.26. The Labute approximate surface area is 40.6 Å². The van der Waals surface area contributed by atoms with Gasteiger partial charge in [-0.25, -0.2) is 0 Å². The largest absolute Gasteiger partial charge is 0.0649 e. The summed E-state index contributed by atoms with van der Waals surface area (Å²) in [7, 11) is 0. The van der Waals surface area contributed by atoms with Gasteiger partial charge >= 0.3 is 0 Å². The van der Waals surface area contributed by atoms with Gasteiger partial charge in [-0.05, 0) is 12.3 Å². The van der Waals surface area contributed by atoms with Crippen molar-refractivity contribution in [3.05, 3.63) is 6.92 Å². The van der Waals surface area contributed by atoms with Crippen molar-refractivity contribution >= 4 is 0 Å². The fraction of sp³-hybridized carbons (Fsp3) is 0.833. The molecule has 6 heavy (non-hydrogen) atoms. The van der Waals surface area contributed by atoms with Crippen LogP contribution < -0.4 is 0 Å². The first-order valence-electron chi connectivity index (χ1n) is 2.41. The maximum absolute atomic E-state index is 3.89. The Morgan fingerprint density at radius 1 is 1.50 bits per heavy atom. The van der Waals surface area contributed by atoms with Crippen LogP contribution in [0.1, 0.15) is 27.2 Å². The van der Waals surface area contributed by atoms with Gasteiger partial charge in [0.2, 0.25) is 0 Å². The molecule has 37 valence electrons. The highest BCUT2D eigenvalue weighted by Crippen LogP contribution is 2.15. The molecule has 0 aliphatic heterocycles. The van der Waals surface area contributed by atoms with Gasteiger partial charge in [0, 0.05) is 0 Å². The molecule has 0 saturated heterocycles. The molecule has 0 aromatic heterocycles. The van der Waals surface area contributed by atoms with Gasteiger partial charge in [-0.2, -0.15) is 0 Å². The van der Waals surface area contributed by atoms with Crippen molar-refractivity contribution in [2.75, 3.05) is 0 Å². The third-order valence-corrected chi connectivity index (χ3v) is 0.957. The van der Waals surface area contributed by atoms with E-state index in [9.17, 15) is 0 Å². The monoisotopic (exact) mass is 85.1 g/mol. The van der Waals surface area contributed by atoms with Gasteiger partial charge < -0.3 is 0 Å². The molecule has 0 bridgehead atoms. The molecule has 0 unspecified atom stereocenters. The molecule has 0 heteroatoms. The molecule has 1 radical (unpaired) electrons. The van der Waals surface area contributed by atoms with Crippen LogP contribution in [0.2, 0.25) is 0 Å². The van der Waals surface area contributed by atoms with Crippen molar-refractivity contribution < 1.29 is 0 Å². The van der Waals surface area contributed by atoms with E-state index in [1.807, 2.05) is 0 Å². The van der Waals surface area contributed by atoms with E-state index < -0.39 is 0 Å². The highest BCUT2D eigenvalue weighted by molar-refractivity contribution is 4.66. The maximum atomic E-state index is 3.89. The molecule has 0 saturated carbocycles. The molecule has 0 nitrogen and oxygen atoms in total. The Hall–Kier alpha value is 0. The summed E-state index contributed by atoms with van der Waals surface area (Å²) in [6.07, 6.45) is 1.16. The third kappa shape index (κ3) is 4.00. The SMILES string of the molecule is [CH2]C(C)(C)CC. The quantitative estimate of drug-likeness (QED) is 0.458. The molecular weight excluding hydrogens is 72.1 g/mol. The second-order valence-corrected chi connectivity index (χ2v) is 2.52. The second kappa shape index (κ2) is 1.63. The lowest BCUT2D eigenvalue weighted by Crippen LogP contribution is -2.00. The standard InChI is InChI=1S/C6H13/c1-5-6(2,3)4/h2,5H2,1,3-4H3. The highest BCUT2D eigenvalue weighted by Gasteiger charge is 2.03. The molecule has 0 amide bonds. The van der Waals surface area contributed by atoms with Crippen LogP contribution in [0, 0.1) is 12.3 Å². The van der Waals surface area contributed by atoms with Crippen molar-refractivity contribution in [1.82, 2.24) is 0 Å². The molecule has 0 aliphatic rings. The molecule has 0 heterocycles. The normalized spacial score (nSPS) is 12.0. The molecular formula is C6H13. The summed E-state index contributed by atoms with van der Waals surface area (Å²) in [6, 6.07) is 0. The average molecular weight is 85.2 g/mol. The van der Waals surface area contributed by atoms with Gasteiger partial charge in [-0.1, -0.05) is 27.2 Å². The zero-order chi connectivity index (χ0) is 5.21. The Balaban J connectivity index is 3.17. The Morgan fingerprint density at radius 2 is 1.67 bits per heavy atom. The minimum absolute atomic E-state index is 0.292. The molecule has 0 aromatic rings. The molecule has 0 rings (SSSR count). The fourth-order valence-electron chi connectivity index (χ4n) is 0. The van der Waals surface area contributed by atoms with Gasteiger partial charge in [0.1, 0.15) is 0 Å². The average Bonchev–Trinajstić information content (AvgIpc) is 1.35. The van der Waals surface area contributed by atoms with Crippen molar-refractivity contribution in [1.29, 1.82) is 0 Å². The van der Waals surface area contributed by atoms with E-state index in [1.165, 1.54) is 0 Å². The summed E-state index contributed by atoms with van der Waals surface area (Å²) in [5.74, 6) is 0. The van der Waals surface area contributed by atoms with Crippen LogP contribution in [0.25, 0.3) is 0 Å². The zero-order valence-corrected chi connectivity index (χ0v) is 4.91. The van der Waals surface area contributed by atoms with E-state index in [2.05, 4.69) is 27.7 Å². The van der Waals surface area contributed by atoms with Gasteiger partial charge in [-0.3, -0.25) is 0 Å². The molecule has 0 spiro atoms. The molecule has 0 aliphatic carbocycles. The number of hydrogen-bond donors (Lipinski definition) is 0. The molecule has 0 atom stereocenters. The molecule has 0 aromatic carbocycles. The van der Waals surface area contributed by atoms with Gasteiger partial charge in [0.05, 0.1) is 0 Å². The first-order valence-corrected chi connectivity index (χ1v) is 2.41. The summed E-state index contributed by atoms with van der Waals surface area (Å²) in [5.41, 5.74) is 0.292. The zero-order valence-electron chi connectivity index (χ0n) is 4.91. The van der Waals surface area contributed by atoms with E-state index in [0.29, 0.717) is 5.41 Å². The highest BCUT2D eigenvalue weighted by atomic mass is 14.1. The Kier molecular flexibility index (Phi) is 1.63. The van der Waals surface area contributed by atoms with Crippen molar-refractivity contribution in [3.8, 4) is 0 Å². The predicted molar refractivity (Wildman–Crippen MR) is 29.4 cm³/mol. The van der Waals surface area contributed by atoms with E-state index in [4.69, 9.17) is 0 Å². The Morgan fingerprint density at radius 3 is 1.67 bits per heavy atom. The van der Waals surface area contributed by atoms with E-state index in [-0.39, 0.29) is 0 Å². The lowest BCUT2D eigenvalue weighted by Gasteiger charge is -2.12. The van der Waals surface area contributed by atoms with E-state index in [0.717, 1.165) is 6.42 Å². The van der Waals surface area contributed by atoms with Crippen LogP contribution in [-0.2, 0) is 0 Å². The van der Waals surface area contributed by atoms with Crippen LogP contribution in [0.3, 0.4) is 0 Å². The van der Waals surface area contributed by atoms with Crippen LogP contribution in [0.15, 0.2) is 0 Å². The summed E-state index contributed by atoms with van der Waals surface area (Å²) < 4.78 is 0. The fourth-order valence-corrected chi connectivity index (χ4v) is 0. The van der Waals surface area contributed by atoms with Crippen molar-refractivity contribution in [2.45, 2.75) is 27.2 Å². The van der Waals surface area contributed by atoms with E-state index >= 15 is 0 Å². The summed E-state index contributed by atoms with van der Waals surface area (Å²) in [4.78, 5) is 0. The first kappa shape index (κ1) is 6.00. The van der Waals surface area contributed by atoms with E-state index in [1.54, 1.807) is 0 Å². The second-order valence-electron chi connectivity index (χ2n) is 2.52. The molecule has 0 fully saturated rings. The summed E-state index contributed by atoms with van der Waals surface area (Å²) in [6.45, 7) is 10.3. The van der Waals surface area contributed by atoms with Crippen LogP contribution in [0.5, 0.6) is 0 Å². The minimum Gasteiger partial charge on any atom is -0.0649 e. The lowest BCUT2D eigenvalue weighted by atomic mass is 9.94. The number of rotatable bonds is 1. The van der Waals surface area contributed by atoms with Gasteiger partial charge in [0.15, 0.2) is 0 Å². The molecule has 0 N–H and O–H groups in total. The topological polar surface area (TPSA) is 0 Å². The van der Waals surface area contributed by atoms with Crippen molar-refractivity contribution in [3.63, 3.8) is 0 Å². The summed E-state index contributed by atoms with van der Waals surface area (Å²) >= 11 is 0. The maximum Gasteiger partial charge on any atom is -0.0357 e. The summed E-state index contributed by atoms with van der Waals surface area (Å²) in [5, 5.41) is 0. The first-order chi connectivity index (χ1) is 2.56. The number of hydrogen-bond acceptors (Lipinski definition) is 0. The lowest BCUT2D eigenvalue weighted by molar-refractivity contribution is 0.457. The van der Waals surface area contributed by atoms with Crippen LogP contribution in [-0.4, -0.2) is 0 Å².